The lowest BCUT2D eigenvalue weighted by atomic mass is 9.75. The van der Waals surface area contributed by atoms with E-state index in [2.05, 4.69) is 4.74 Å². The van der Waals surface area contributed by atoms with Crippen LogP contribution in [0.2, 0.25) is 0 Å². The van der Waals surface area contributed by atoms with Gasteiger partial charge in [0.1, 0.15) is 5.75 Å². The van der Waals surface area contributed by atoms with E-state index in [-0.39, 0.29) is 12.2 Å². The summed E-state index contributed by atoms with van der Waals surface area (Å²) in [5.41, 5.74) is -4.76. The SMILES string of the molecule is CC(c1ccc(OC=O)cc1)(c1c(F)c(F)c(O)c(F)c1F)C(F)F. The van der Waals surface area contributed by atoms with E-state index in [1.54, 1.807) is 0 Å². The highest BCUT2D eigenvalue weighted by molar-refractivity contribution is 5.49. The van der Waals surface area contributed by atoms with Crippen LogP contribution in [0.25, 0.3) is 0 Å². The molecule has 3 nitrogen and oxygen atoms in total. The molecule has 1 unspecified atom stereocenters. The molecule has 9 heteroatoms. The first-order valence-corrected chi connectivity index (χ1v) is 6.70. The predicted molar refractivity (Wildman–Crippen MR) is 73.5 cm³/mol. The summed E-state index contributed by atoms with van der Waals surface area (Å²) in [7, 11) is 0. The maximum absolute atomic E-state index is 14.1. The number of alkyl halides is 2. The van der Waals surface area contributed by atoms with Crippen LogP contribution in [0.15, 0.2) is 24.3 Å². The molecule has 1 atom stereocenters. The molecule has 0 heterocycles. The first kappa shape index (κ1) is 18.6. The zero-order chi connectivity index (χ0) is 18.9. The third-order valence-electron chi connectivity index (χ3n) is 3.83. The van der Waals surface area contributed by atoms with Gasteiger partial charge < -0.3 is 9.84 Å². The first-order chi connectivity index (χ1) is 11.7. The van der Waals surface area contributed by atoms with Gasteiger partial charge in [-0.15, -0.1) is 0 Å². The predicted octanol–water partition coefficient (Wildman–Crippen LogP) is 4.05. The Labute approximate surface area is 137 Å². The average molecular weight is 364 g/mol. The Hall–Kier alpha value is -2.71. The van der Waals surface area contributed by atoms with Gasteiger partial charge in [-0.25, -0.2) is 17.6 Å². The number of carbonyl (C=O) groups excluding carboxylic acids is 1. The van der Waals surface area contributed by atoms with E-state index in [0.29, 0.717) is 6.92 Å². The van der Waals surface area contributed by atoms with Crippen molar-refractivity contribution in [3.05, 3.63) is 58.7 Å². The Morgan fingerprint density at radius 3 is 1.88 bits per heavy atom. The van der Waals surface area contributed by atoms with E-state index in [4.69, 9.17) is 5.11 Å². The van der Waals surface area contributed by atoms with Gasteiger partial charge in [-0.2, -0.15) is 8.78 Å². The summed E-state index contributed by atoms with van der Waals surface area (Å²) in [6, 6.07) is 4.06. The van der Waals surface area contributed by atoms with E-state index in [1.807, 2.05) is 0 Å². The van der Waals surface area contributed by atoms with Crippen LogP contribution in [-0.2, 0) is 10.2 Å². The van der Waals surface area contributed by atoms with Gasteiger partial charge >= 0.3 is 0 Å². The standard InChI is InChI=1S/C16H10F6O3/c1-16(15(21)22,7-2-4-8(5-3-7)25-6-23)9-10(17)12(19)14(24)13(20)11(9)18/h2-6,15,24H,1H3. The molecule has 2 aromatic carbocycles. The van der Waals surface area contributed by atoms with Gasteiger partial charge in [-0.05, 0) is 24.6 Å². The molecule has 0 saturated heterocycles. The molecule has 0 aromatic heterocycles. The minimum Gasteiger partial charge on any atom is -0.503 e. The van der Waals surface area contributed by atoms with E-state index in [0.717, 1.165) is 24.3 Å². The second-order valence-electron chi connectivity index (χ2n) is 5.22. The third kappa shape index (κ3) is 2.90. The minimum atomic E-state index is -3.47. The fourth-order valence-electron chi connectivity index (χ4n) is 2.39. The van der Waals surface area contributed by atoms with E-state index in [1.165, 1.54) is 0 Å². The van der Waals surface area contributed by atoms with Gasteiger partial charge in [0, 0.05) is 5.56 Å². The van der Waals surface area contributed by atoms with Crippen molar-refractivity contribution in [2.45, 2.75) is 18.8 Å². The number of aromatic hydroxyl groups is 1. The van der Waals surface area contributed by atoms with Crippen LogP contribution >= 0.6 is 0 Å². The number of rotatable bonds is 5. The van der Waals surface area contributed by atoms with Crippen LogP contribution in [0.3, 0.4) is 0 Å². The lowest BCUT2D eigenvalue weighted by Crippen LogP contribution is -2.35. The molecule has 134 valence electrons. The van der Waals surface area contributed by atoms with Gasteiger partial charge in [-0.3, -0.25) is 4.79 Å². The Kier molecular flexibility index (Phi) is 4.96. The fraction of sp³-hybridized carbons (Fsp3) is 0.188. The van der Waals surface area contributed by atoms with Crippen LogP contribution in [-0.4, -0.2) is 18.0 Å². The molecule has 25 heavy (non-hydrogen) atoms. The first-order valence-electron chi connectivity index (χ1n) is 6.70. The number of ether oxygens (including phenoxy) is 1. The summed E-state index contributed by atoms with van der Waals surface area (Å²) in [5, 5.41) is 9.00. The summed E-state index contributed by atoms with van der Waals surface area (Å²) in [5.74, 6) is -10.6. The number of phenols is 1. The zero-order valence-electron chi connectivity index (χ0n) is 12.5. The number of benzene rings is 2. The molecule has 0 spiro atoms. The van der Waals surface area contributed by atoms with Crippen molar-refractivity contribution >= 4 is 6.47 Å². The largest absolute Gasteiger partial charge is 0.503 e. The maximum atomic E-state index is 14.1. The molecule has 0 aliphatic carbocycles. The molecule has 0 fully saturated rings. The van der Waals surface area contributed by atoms with Crippen molar-refractivity contribution in [3.8, 4) is 11.5 Å². The van der Waals surface area contributed by atoms with Gasteiger partial charge in [0.25, 0.3) is 12.9 Å². The topological polar surface area (TPSA) is 46.5 Å². The van der Waals surface area contributed by atoms with Crippen LogP contribution in [0, 0.1) is 23.3 Å². The molecule has 0 bridgehead atoms. The summed E-state index contributed by atoms with van der Waals surface area (Å²) in [4.78, 5) is 10.2. The molecular formula is C16H10F6O3. The number of hydrogen-bond donors (Lipinski definition) is 1. The normalized spacial score (nSPS) is 13.6. The van der Waals surface area contributed by atoms with Gasteiger partial charge in [-0.1, -0.05) is 12.1 Å². The van der Waals surface area contributed by atoms with Crippen LogP contribution in [0.5, 0.6) is 11.5 Å². The van der Waals surface area contributed by atoms with Crippen molar-refractivity contribution in [2.75, 3.05) is 0 Å². The van der Waals surface area contributed by atoms with Crippen molar-refractivity contribution in [1.82, 2.24) is 0 Å². The Bertz CT molecular complexity index is 778. The van der Waals surface area contributed by atoms with E-state index < -0.39 is 52.0 Å². The molecular weight excluding hydrogens is 354 g/mol. The second kappa shape index (κ2) is 6.66. The number of hydrogen-bond acceptors (Lipinski definition) is 3. The number of phenolic OH excluding ortho intramolecular Hbond substituents is 1. The molecule has 2 aromatic rings. The highest BCUT2D eigenvalue weighted by atomic mass is 19.3. The van der Waals surface area contributed by atoms with Crippen LogP contribution < -0.4 is 4.74 Å². The summed E-state index contributed by atoms with van der Waals surface area (Å²) < 4.78 is 87.2. The van der Waals surface area contributed by atoms with Gasteiger partial charge in [0.15, 0.2) is 17.4 Å². The van der Waals surface area contributed by atoms with Gasteiger partial charge in [0.05, 0.1) is 5.41 Å². The Morgan fingerprint density at radius 1 is 1.00 bits per heavy atom. The van der Waals surface area contributed by atoms with Gasteiger partial charge in [0.2, 0.25) is 11.6 Å². The quantitative estimate of drug-likeness (QED) is 0.495. The zero-order valence-corrected chi connectivity index (χ0v) is 12.5. The second-order valence-corrected chi connectivity index (χ2v) is 5.22. The summed E-state index contributed by atoms with van der Waals surface area (Å²) in [6.07, 6.45) is -3.47. The highest BCUT2D eigenvalue weighted by Gasteiger charge is 2.45. The molecule has 0 aliphatic rings. The van der Waals surface area contributed by atoms with E-state index in [9.17, 15) is 31.1 Å². The number of carbonyl (C=O) groups is 1. The smallest absolute Gasteiger partial charge is 0.298 e. The monoisotopic (exact) mass is 364 g/mol. The van der Waals surface area contributed by atoms with Crippen molar-refractivity contribution < 1.29 is 41.0 Å². The fourth-order valence-corrected chi connectivity index (χ4v) is 2.39. The molecule has 0 amide bonds. The number of halogens is 6. The highest BCUT2D eigenvalue weighted by Crippen LogP contribution is 2.43. The summed E-state index contributed by atoms with van der Waals surface area (Å²) >= 11 is 0. The molecule has 0 saturated carbocycles. The lowest BCUT2D eigenvalue weighted by Gasteiger charge is -2.31. The Morgan fingerprint density at radius 2 is 1.48 bits per heavy atom. The lowest BCUT2D eigenvalue weighted by molar-refractivity contribution is -0.120. The van der Waals surface area contributed by atoms with Crippen molar-refractivity contribution in [2.24, 2.45) is 0 Å². The molecule has 0 aliphatic heterocycles. The van der Waals surface area contributed by atoms with Crippen LogP contribution in [0.4, 0.5) is 26.3 Å². The minimum absolute atomic E-state index is 0.0422. The molecule has 1 N–H and O–H groups in total. The van der Waals surface area contributed by atoms with Crippen molar-refractivity contribution in [3.63, 3.8) is 0 Å². The molecule has 2 rings (SSSR count). The molecule has 0 radical (unpaired) electrons. The Balaban J connectivity index is 2.76. The summed E-state index contributed by atoms with van der Waals surface area (Å²) in [6.45, 7) is 0.760. The maximum Gasteiger partial charge on any atom is 0.298 e. The third-order valence-corrected chi connectivity index (χ3v) is 3.83. The van der Waals surface area contributed by atoms with E-state index >= 15 is 0 Å². The average Bonchev–Trinajstić information content (AvgIpc) is 2.59. The van der Waals surface area contributed by atoms with Crippen molar-refractivity contribution in [1.29, 1.82) is 0 Å². The van der Waals surface area contributed by atoms with Crippen LogP contribution in [0.1, 0.15) is 18.1 Å².